The van der Waals surface area contributed by atoms with Gasteiger partial charge in [-0.05, 0) is 63.3 Å². The van der Waals surface area contributed by atoms with Crippen LogP contribution in [0, 0.1) is 0 Å². The van der Waals surface area contributed by atoms with E-state index in [4.69, 9.17) is 0 Å². The van der Waals surface area contributed by atoms with E-state index in [0.29, 0.717) is 5.92 Å². The van der Waals surface area contributed by atoms with Gasteiger partial charge < -0.3 is 0 Å². The van der Waals surface area contributed by atoms with Gasteiger partial charge >= 0.3 is 0 Å². The Morgan fingerprint density at radius 2 is 1.28 bits per heavy atom. The third-order valence-electron chi connectivity index (χ3n) is 7.59. The van der Waals surface area contributed by atoms with Crippen molar-refractivity contribution >= 4 is 5.57 Å². The summed E-state index contributed by atoms with van der Waals surface area (Å²) in [6.07, 6.45) is 2.21. The second-order valence-electron chi connectivity index (χ2n) is 9.78. The van der Waals surface area contributed by atoms with Gasteiger partial charge in [0.1, 0.15) is 0 Å². The van der Waals surface area contributed by atoms with Crippen LogP contribution in [0.25, 0.3) is 16.7 Å². The number of rotatable bonds is 3. The maximum absolute atomic E-state index is 2.41. The average Bonchev–Trinajstić information content (AvgIpc) is 3.07. The quantitative estimate of drug-likeness (QED) is 0.318. The molecule has 0 bridgehead atoms. The van der Waals surface area contributed by atoms with Crippen molar-refractivity contribution in [3.63, 3.8) is 0 Å². The molecule has 0 aromatic heterocycles. The molecule has 2 aliphatic carbocycles. The third kappa shape index (κ3) is 2.98. The molecule has 156 valence electrons. The van der Waals surface area contributed by atoms with Gasteiger partial charge in [-0.3, -0.25) is 0 Å². The number of hydrogen-bond acceptors (Lipinski definition) is 0. The molecule has 2 aliphatic rings. The molecule has 0 radical (unpaired) electrons. The summed E-state index contributed by atoms with van der Waals surface area (Å²) in [5.74, 6) is 0.515. The van der Waals surface area contributed by atoms with Crippen molar-refractivity contribution in [2.75, 3.05) is 0 Å². The molecular weight excluding hydrogens is 384 g/mol. The fraction of sp³-hybridized carbons (Fsp3) is 0.188. The predicted octanol–water partition coefficient (Wildman–Crippen LogP) is 8.18. The van der Waals surface area contributed by atoms with Crippen LogP contribution in [0.2, 0.25) is 0 Å². The van der Waals surface area contributed by atoms with Crippen LogP contribution < -0.4 is 0 Å². The zero-order valence-electron chi connectivity index (χ0n) is 18.8. The summed E-state index contributed by atoms with van der Waals surface area (Å²) >= 11 is 0. The second kappa shape index (κ2) is 7.35. The van der Waals surface area contributed by atoms with Crippen molar-refractivity contribution in [2.24, 2.45) is 0 Å². The minimum Gasteiger partial charge on any atom is -0.0622 e. The van der Waals surface area contributed by atoms with Gasteiger partial charge in [0.15, 0.2) is 0 Å². The molecule has 0 fully saturated rings. The fourth-order valence-electron chi connectivity index (χ4n) is 5.92. The van der Waals surface area contributed by atoms with Gasteiger partial charge in [0.25, 0.3) is 0 Å². The summed E-state index contributed by atoms with van der Waals surface area (Å²) in [5.41, 5.74) is 13.1. The third-order valence-corrected chi connectivity index (χ3v) is 7.59. The molecule has 4 aromatic rings. The Balaban J connectivity index is 1.37. The smallest absolute Gasteiger partial charge is 0.0121 e. The van der Waals surface area contributed by atoms with Crippen LogP contribution in [-0.2, 0) is 11.8 Å². The van der Waals surface area contributed by atoms with Crippen molar-refractivity contribution < 1.29 is 0 Å². The van der Waals surface area contributed by atoms with Gasteiger partial charge in [0, 0.05) is 5.41 Å². The Morgan fingerprint density at radius 1 is 0.656 bits per heavy atom. The van der Waals surface area contributed by atoms with E-state index >= 15 is 0 Å². The van der Waals surface area contributed by atoms with E-state index in [1.54, 1.807) is 5.57 Å². The molecule has 0 heteroatoms. The van der Waals surface area contributed by atoms with Gasteiger partial charge in [-0.2, -0.15) is 0 Å². The number of allylic oxidation sites excluding steroid dienone is 1. The Morgan fingerprint density at radius 3 is 2.06 bits per heavy atom. The molecule has 1 unspecified atom stereocenters. The highest BCUT2D eigenvalue weighted by molar-refractivity contribution is 5.92. The van der Waals surface area contributed by atoms with Gasteiger partial charge in [-0.15, -0.1) is 0 Å². The fourth-order valence-corrected chi connectivity index (χ4v) is 5.92. The molecule has 0 spiro atoms. The lowest BCUT2D eigenvalue weighted by atomic mass is 9.71. The summed E-state index contributed by atoms with van der Waals surface area (Å²) < 4.78 is 0. The molecule has 1 atom stereocenters. The first-order valence-electron chi connectivity index (χ1n) is 11.7. The Hall–Kier alpha value is -3.38. The van der Waals surface area contributed by atoms with Crippen molar-refractivity contribution in [1.29, 1.82) is 0 Å². The van der Waals surface area contributed by atoms with E-state index in [-0.39, 0.29) is 5.41 Å². The number of benzene rings is 4. The van der Waals surface area contributed by atoms with Crippen LogP contribution in [0.5, 0.6) is 0 Å². The van der Waals surface area contributed by atoms with E-state index in [1.807, 2.05) is 0 Å². The Labute approximate surface area is 191 Å². The second-order valence-corrected chi connectivity index (χ2v) is 9.78. The summed E-state index contributed by atoms with van der Waals surface area (Å²) in [6.45, 7) is 4.82. The number of fused-ring (bicyclic) bond motifs is 4. The highest BCUT2D eigenvalue weighted by Crippen LogP contribution is 2.55. The van der Waals surface area contributed by atoms with Crippen LogP contribution in [0.1, 0.15) is 54.0 Å². The van der Waals surface area contributed by atoms with E-state index in [0.717, 1.165) is 12.8 Å². The normalized spacial score (nSPS) is 18.1. The maximum atomic E-state index is 2.41. The first-order chi connectivity index (χ1) is 15.6. The van der Waals surface area contributed by atoms with Crippen molar-refractivity contribution in [3.8, 4) is 11.1 Å². The largest absolute Gasteiger partial charge is 0.0622 e. The Bertz CT molecular complexity index is 1320. The molecule has 0 amide bonds. The lowest BCUT2D eigenvalue weighted by Crippen LogP contribution is -2.22. The summed E-state index contributed by atoms with van der Waals surface area (Å²) in [4.78, 5) is 0. The molecule has 0 N–H and O–H groups in total. The SMILES string of the molecule is CC1(C)C2=C(c3ccccc3C(Cc3ccc(-c4ccccc4)cc3)C2)c2ccccc21. The summed E-state index contributed by atoms with van der Waals surface area (Å²) in [5, 5.41) is 0. The maximum Gasteiger partial charge on any atom is 0.0121 e. The van der Waals surface area contributed by atoms with Crippen LogP contribution in [-0.4, -0.2) is 0 Å². The van der Waals surface area contributed by atoms with E-state index in [1.165, 1.54) is 44.5 Å². The molecule has 0 aliphatic heterocycles. The lowest BCUT2D eigenvalue weighted by molar-refractivity contribution is 0.556. The molecule has 4 aromatic carbocycles. The Kier molecular flexibility index (Phi) is 4.43. The summed E-state index contributed by atoms with van der Waals surface area (Å²) in [6, 6.07) is 38.0. The molecular formula is C32H28. The summed E-state index contributed by atoms with van der Waals surface area (Å²) in [7, 11) is 0. The zero-order valence-corrected chi connectivity index (χ0v) is 18.8. The number of hydrogen-bond donors (Lipinski definition) is 0. The monoisotopic (exact) mass is 412 g/mol. The van der Waals surface area contributed by atoms with Crippen LogP contribution in [0.3, 0.4) is 0 Å². The van der Waals surface area contributed by atoms with Crippen molar-refractivity contribution in [3.05, 3.63) is 137 Å². The van der Waals surface area contributed by atoms with Gasteiger partial charge in [-0.25, -0.2) is 0 Å². The highest BCUT2D eigenvalue weighted by Gasteiger charge is 2.42. The first-order valence-corrected chi connectivity index (χ1v) is 11.7. The van der Waals surface area contributed by atoms with E-state index in [9.17, 15) is 0 Å². The topological polar surface area (TPSA) is 0 Å². The van der Waals surface area contributed by atoms with Crippen molar-refractivity contribution in [1.82, 2.24) is 0 Å². The molecule has 0 saturated carbocycles. The molecule has 0 saturated heterocycles. The van der Waals surface area contributed by atoms with Gasteiger partial charge in [-0.1, -0.05) is 123 Å². The standard InChI is InChI=1S/C32H28/c1-32(2)29-15-9-8-14-28(29)31-27-13-7-6-12-26(27)25(21-30(31)32)20-22-16-18-24(19-17-22)23-10-4-3-5-11-23/h3-19,25H,20-21H2,1-2H3. The van der Waals surface area contributed by atoms with Gasteiger partial charge in [0.2, 0.25) is 0 Å². The zero-order chi connectivity index (χ0) is 21.7. The minimum absolute atomic E-state index is 0.0921. The average molecular weight is 413 g/mol. The first kappa shape index (κ1) is 19.3. The molecule has 0 heterocycles. The lowest BCUT2D eigenvalue weighted by Gasteiger charge is -2.33. The minimum atomic E-state index is 0.0921. The predicted molar refractivity (Wildman–Crippen MR) is 135 cm³/mol. The van der Waals surface area contributed by atoms with Crippen LogP contribution >= 0.6 is 0 Å². The van der Waals surface area contributed by atoms with E-state index in [2.05, 4.69) is 117 Å². The van der Waals surface area contributed by atoms with Crippen molar-refractivity contribution in [2.45, 2.75) is 38.0 Å². The van der Waals surface area contributed by atoms with Crippen LogP contribution in [0.4, 0.5) is 0 Å². The van der Waals surface area contributed by atoms with Gasteiger partial charge in [0.05, 0.1) is 0 Å². The molecule has 32 heavy (non-hydrogen) atoms. The van der Waals surface area contributed by atoms with E-state index < -0.39 is 0 Å². The highest BCUT2D eigenvalue weighted by atomic mass is 14.4. The molecule has 6 rings (SSSR count). The molecule has 0 nitrogen and oxygen atoms in total. The van der Waals surface area contributed by atoms with Crippen LogP contribution in [0.15, 0.2) is 109 Å².